The van der Waals surface area contributed by atoms with Crippen molar-refractivity contribution in [3.63, 3.8) is 0 Å². The fourth-order valence-electron chi connectivity index (χ4n) is 3.57. The molecule has 3 nitrogen and oxygen atoms in total. The monoisotopic (exact) mass is 473 g/mol. The van der Waals surface area contributed by atoms with Crippen molar-refractivity contribution in [3.05, 3.63) is 99.8 Å². The Labute approximate surface area is 198 Å². The molecule has 0 spiro atoms. The number of amides is 1. The second kappa shape index (κ2) is 10.4. The first kappa shape index (κ1) is 24.1. The smallest absolute Gasteiger partial charge is 0.263 e. The van der Waals surface area contributed by atoms with Crippen LogP contribution in [0.3, 0.4) is 0 Å². The zero-order chi connectivity index (χ0) is 23.3. The highest BCUT2D eigenvalue weighted by atomic mass is 35.5. The minimum atomic E-state index is -1.23. The lowest BCUT2D eigenvalue weighted by atomic mass is 9.86. The largest absolute Gasteiger partial charge is 0.478 e. The lowest BCUT2D eigenvalue weighted by Crippen LogP contribution is -2.51. The second-order valence-electron chi connectivity index (χ2n) is 8.33. The topological polar surface area (TPSA) is 38.3 Å². The number of halogens is 3. The number of nitrogens with one attached hydrogen (secondary N) is 1. The molecule has 168 valence electrons. The van der Waals surface area contributed by atoms with Gasteiger partial charge in [0.2, 0.25) is 0 Å². The van der Waals surface area contributed by atoms with E-state index in [-0.39, 0.29) is 28.6 Å². The van der Waals surface area contributed by atoms with Crippen LogP contribution in [0.15, 0.2) is 72.8 Å². The Morgan fingerprint density at radius 3 is 2.28 bits per heavy atom. The molecule has 0 saturated carbocycles. The van der Waals surface area contributed by atoms with Crippen molar-refractivity contribution in [2.24, 2.45) is 0 Å². The van der Waals surface area contributed by atoms with Gasteiger partial charge in [0.1, 0.15) is 11.6 Å². The van der Waals surface area contributed by atoms with Crippen LogP contribution in [0.2, 0.25) is 10.0 Å². The predicted octanol–water partition coefficient (Wildman–Crippen LogP) is 6.82. The summed E-state index contributed by atoms with van der Waals surface area (Å²) in [6.07, 6.45) is 0.726. The van der Waals surface area contributed by atoms with Crippen molar-refractivity contribution in [2.75, 3.05) is 0 Å². The van der Waals surface area contributed by atoms with Crippen LogP contribution in [0.1, 0.15) is 37.8 Å². The van der Waals surface area contributed by atoms with Gasteiger partial charge in [0, 0.05) is 28.1 Å². The molecule has 0 fully saturated rings. The number of rotatable bonds is 8. The van der Waals surface area contributed by atoms with E-state index in [0.29, 0.717) is 5.02 Å². The van der Waals surface area contributed by atoms with Crippen LogP contribution in [0.4, 0.5) is 4.39 Å². The molecule has 3 aromatic carbocycles. The number of hydrogen-bond acceptors (Lipinski definition) is 2. The van der Waals surface area contributed by atoms with Gasteiger partial charge in [-0.15, -0.1) is 0 Å². The van der Waals surface area contributed by atoms with E-state index in [1.54, 1.807) is 13.8 Å². The van der Waals surface area contributed by atoms with Crippen molar-refractivity contribution >= 4 is 29.1 Å². The summed E-state index contributed by atoms with van der Waals surface area (Å²) in [6.45, 7) is 5.26. The molecule has 1 unspecified atom stereocenters. The van der Waals surface area contributed by atoms with Gasteiger partial charge in [-0.25, -0.2) is 4.39 Å². The number of hydrogen-bond donors (Lipinski definition) is 1. The molecular weight excluding hydrogens is 448 g/mol. The van der Waals surface area contributed by atoms with Crippen LogP contribution in [-0.2, 0) is 11.2 Å². The molecular formula is C26H26Cl2FNO2. The van der Waals surface area contributed by atoms with Crippen LogP contribution >= 0.6 is 23.2 Å². The molecule has 1 amide bonds. The van der Waals surface area contributed by atoms with Gasteiger partial charge in [0.15, 0.2) is 5.60 Å². The summed E-state index contributed by atoms with van der Waals surface area (Å²) in [5.41, 5.74) is 1.01. The summed E-state index contributed by atoms with van der Waals surface area (Å²) in [6, 6.07) is 21.4. The Hall–Kier alpha value is -2.56. The minimum absolute atomic E-state index is 0.0285. The van der Waals surface area contributed by atoms with Crippen LogP contribution in [0, 0.1) is 5.82 Å². The molecule has 6 heteroatoms. The van der Waals surface area contributed by atoms with Crippen LogP contribution in [-0.4, -0.2) is 17.6 Å². The summed E-state index contributed by atoms with van der Waals surface area (Å²) in [5.74, 6) is -0.601. The molecule has 0 saturated heterocycles. The first-order chi connectivity index (χ1) is 15.1. The molecule has 0 radical (unpaired) electrons. The van der Waals surface area contributed by atoms with E-state index in [2.05, 4.69) is 17.4 Å². The molecule has 1 N–H and O–H groups in total. The number of ether oxygens (including phenoxy) is 1. The number of benzene rings is 3. The van der Waals surface area contributed by atoms with E-state index < -0.39 is 11.4 Å². The van der Waals surface area contributed by atoms with Gasteiger partial charge < -0.3 is 10.1 Å². The highest BCUT2D eigenvalue weighted by Gasteiger charge is 2.33. The predicted molar refractivity (Wildman–Crippen MR) is 128 cm³/mol. The molecule has 0 aliphatic carbocycles. The molecule has 2 atom stereocenters. The first-order valence-corrected chi connectivity index (χ1v) is 11.1. The van der Waals surface area contributed by atoms with Gasteiger partial charge in [-0.1, -0.05) is 65.7 Å². The highest BCUT2D eigenvalue weighted by molar-refractivity contribution is 6.30. The lowest BCUT2D eigenvalue weighted by molar-refractivity contribution is -0.135. The average molecular weight is 474 g/mol. The summed E-state index contributed by atoms with van der Waals surface area (Å²) >= 11 is 11.9. The number of carbonyl (C=O) groups is 1. The number of carbonyl (C=O) groups excluding carboxylic acids is 1. The van der Waals surface area contributed by atoms with Gasteiger partial charge in [-0.05, 0) is 62.6 Å². The van der Waals surface area contributed by atoms with E-state index in [0.717, 1.165) is 17.5 Å². The Morgan fingerprint density at radius 1 is 1.00 bits per heavy atom. The maximum absolute atomic E-state index is 13.7. The average Bonchev–Trinajstić information content (AvgIpc) is 2.72. The van der Waals surface area contributed by atoms with E-state index in [9.17, 15) is 9.18 Å². The molecule has 0 aromatic heterocycles. The molecule has 0 aliphatic rings. The Kier molecular flexibility index (Phi) is 7.81. The maximum atomic E-state index is 13.7. The van der Waals surface area contributed by atoms with Crippen molar-refractivity contribution in [1.82, 2.24) is 5.32 Å². The van der Waals surface area contributed by atoms with E-state index in [4.69, 9.17) is 27.9 Å². The van der Waals surface area contributed by atoms with Crippen molar-refractivity contribution in [1.29, 1.82) is 0 Å². The second-order valence-corrected chi connectivity index (χ2v) is 9.20. The lowest BCUT2D eigenvalue weighted by Gasteiger charge is -2.31. The van der Waals surface area contributed by atoms with Crippen molar-refractivity contribution < 1.29 is 13.9 Å². The molecule has 0 bridgehead atoms. The fourth-order valence-corrected chi connectivity index (χ4v) is 3.91. The van der Waals surface area contributed by atoms with Gasteiger partial charge >= 0.3 is 0 Å². The fraction of sp³-hybridized carbons (Fsp3) is 0.269. The Bertz CT molecular complexity index is 1030. The SMILES string of the molecule is CC(NC(=O)C(C)(C)Oc1cc(F)cc(Cl)c1)[C@@H](Cc1ccc(Cl)cc1)c1ccccc1. The van der Waals surface area contributed by atoms with Gasteiger partial charge in [0.25, 0.3) is 5.91 Å². The zero-order valence-corrected chi connectivity index (χ0v) is 19.8. The highest BCUT2D eigenvalue weighted by Crippen LogP contribution is 2.27. The van der Waals surface area contributed by atoms with Crippen LogP contribution in [0.25, 0.3) is 0 Å². The van der Waals surface area contributed by atoms with Crippen LogP contribution < -0.4 is 10.1 Å². The van der Waals surface area contributed by atoms with Gasteiger partial charge in [-0.3, -0.25) is 4.79 Å². The molecule has 3 aromatic rings. The summed E-state index contributed by atoms with van der Waals surface area (Å²) in [5, 5.41) is 3.97. The third kappa shape index (κ3) is 6.47. The van der Waals surface area contributed by atoms with Gasteiger partial charge in [0.05, 0.1) is 0 Å². The van der Waals surface area contributed by atoms with Crippen molar-refractivity contribution in [2.45, 2.75) is 44.8 Å². The van der Waals surface area contributed by atoms with Crippen LogP contribution in [0.5, 0.6) is 5.75 Å². The molecule has 32 heavy (non-hydrogen) atoms. The molecule has 0 heterocycles. The normalized spacial score (nSPS) is 13.3. The minimum Gasteiger partial charge on any atom is -0.478 e. The summed E-state index contributed by atoms with van der Waals surface area (Å²) in [7, 11) is 0. The van der Waals surface area contributed by atoms with Crippen molar-refractivity contribution in [3.8, 4) is 5.75 Å². The van der Waals surface area contributed by atoms with E-state index in [1.807, 2.05) is 49.4 Å². The van der Waals surface area contributed by atoms with E-state index in [1.165, 1.54) is 18.2 Å². The molecule has 0 aliphatic heterocycles. The zero-order valence-electron chi connectivity index (χ0n) is 18.2. The first-order valence-electron chi connectivity index (χ1n) is 10.4. The third-order valence-electron chi connectivity index (χ3n) is 5.31. The summed E-state index contributed by atoms with van der Waals surface area (Å²) < 4.78 is 19.5. The standard InChI is InChI=1S/C26H26Cl2FNO2/c1-17(30-25(31)26(2,3)32-23-15-21(28)14-22(29)16-23)24(19-7-5-4-6-8-19)13-18-9-11-20(27)12-10-18/h4-12,14-17,24H,13H2,1-3H3,(H,30,31)/t17?,24-/m1/s1. The Balaban J connectivity index is 1.77. The Morgan fingerprint density at radius 2 is 1.66 bits per heavy atom. The quantitative estimate of drug-likeness (QED) is 0.389. The third-order valence-corrected chi connectivity index (χ3v) is 5.79. The van der Waals surface area contributed by atoms with Gasteiger partial charge in [-0.2, -0.15) is 0 Å². The van der Waals surface area contributed by atoms with E-state index >= 15 is 0 Å². The maximum Gasteiger partial charge on any atom is 0.263 e. The molecule has 3 rings (SSSR count). The summed E-state index contributed by atoms with van der Waals surface area (Å²) in [4.78, 5) is 13.1.